The normalized spacial score (nSPS) is 33.8. The second-order valence-electron chi connectivity index (χ2n) is 5.08. The number of esters is 2. The Balaban J connectivity index is 1.80. The lowest BCUT2D eigenvalue weighted by molar-refractivity contribution is -0.160. The van der Waals surface area contributed by atoms with Crippen LogP contribution in [-0.2, 0) is 19.1 Å². The van der Waals surface area contributed by atoms with Crippen molar-refractivity contribution < 1.29 is 19.1 Å². The van der Waals surface area contributed by atoms with Gasteiger partial charge in [0.2, 0.25) is 0 Å². The molecular formula is C13H18O4. The molecule has 94 valence electrons. The van der Waals surface area contributed by atoms with E-state index in [9.17, 15) is 9.59 Å². The SMILES string of the molecule is CC(=O)OCCOC(=O)C1(C)CC2C=CC1C2. The van der Waals surface area contributed by atoms with E-state index in [0.29, 0.717) is 11.8 Å². The number of ether oxygens (including phenoxy) is 2. The molecule has 0 aliphatic heterocycles. The second-order valence-corrected chi connectivity index (χ2v) is 5.08. The van der Waals surface area contributed by atoms with Gasteiger partial charge in [0.25, 0.3) is 0 Å². The van der Waals surface area contributed by atoms with Crippen LogP contribution < -0.4 is 0 Å². The molecule has 0 N–H and O–H groups in total. The molecule has 0 aromatic rings. The Morgan fingerprint density at radius 1 is 1.29 bits per heavy atom. The molecule has 0 amide bonds. The molecule has 4 heteroatoms. The van der Waals surface area contributed by atoms with E-state index in [1.165, 1.54) is 6.92 Å². The van der Waals surface area contributed by atoms with Crippen molar-refractivity contribution in [2.45, 2.75) is 26.7 Å². The maximum atomic E-state index is 12.0. The molecule has 3 atom stereocenters. The average molecular weight is 238 g/mol. The molecule has 4 nitrogen and oxygen atoms in total. The van der Waals surface area contributed by atoms with Gasteiger partial charge in [-0.2, -0.15) is 0 Å². The molecule has 2 aliphatic carbocycles. The van der Waals surface area contributed by atoms with Gasteiger partial charge in [0.15, 0.2) is 0 Å². The first-order valence-corrected chi connectivity index (χ1v) is 6.01. The fourth-order valence-electron chi connectivity index (χ4n) is 2.81. The van der Waals surface area contributed by atoms with Gasteiger partial charge in [-0.25, -0.2) is 0 Å². The number of fused-ring (bicyclic) bond motifs is 2. The van der Waals surface area contributed by atoms with Gasteiger partial charge >= 0.3 is 11.9 Å². The largest absolute Gasteiger partial charge is 0.462 e. The first kappa shape index (κ1) is 12.1. The van der Waals surface area contributed by atoms with Crippen molar-refractivity contribution in [3.8, 4) is 0 Å². The Kier molecular flexibility index (Phi) is 3.22. The highest BCUT2D eigenvalue weighted by atomic mass is 16.6. The van der Waals surface area contributed by atoms with Crippen LogP contribution in [0.5, 0.6) is 0 Å². The van der Waals surface area contributed by atoms with E-state index in [0.717, 1.165) is 12.8 Å². The summed E-state index contributed by atoms with van der Waals surface area (Å²) in [5, 5.41) is 0. The van der Waals surface area contributed by atoms with Crippen LogP contribution in [0.4, 0.5) is 0 Å². The molecule has 0 radical (unpaired) electrons. The van der Waals surface area contributed by atoms with Gasteiger partial charge in [0.1, 0.15) is 13.2 Å². The lowest BCUT2D eigenvalue weighted by atomic mass is 9.78. The van der Waals surface area contributed by atoms with Crippen molar-refractivity contribution in [2.24, 2.45) is 17.3 Å². The van der Waals surface area contributed by atoms with Gasteiger partial charge < -0.3 is 9.47 Å². The lowest BCUT2D eigenvalue weighted by Gasteiger charge is -2.28. The highest BCUT2D eigenvalue weighted by molar-refractivity contribution is 5.78. The number of hydrogen-bond acceptors (Lipinski definition) is 4. The molecule has 0 aromatic heterocycles. The van der Waals surface area contributed by atoms with Crippen LogP contribution in [0.1, 0.15) is 26.7 Å². The highest BCUT2D eigenvalue weighted by Gasteiger charge is 2.50. The van der Waals surface area contributed by atoms with E-state index in [2.05, 4.69) is 12.2 Å². The molecule has 3 unspecified atom stereocenters. The van der Waals surface area contributed by atoms with Crippen LogP contribution in [0.25, 0.3) is 0 Å². The predicted molar refractivity (Wildman–Crippen MR) is 61.1 cm³/mol. The van der Waals surface area contributed by atoms with Crippen molar-refractivity contribution in [2.75, 3.05) is 13.2 Å². The van der Waals surface area contributed by atoms with E-state index in [4.69, 9.17) is 9.47 Å². The summed E-state index contributed by atoms with van der Waals surface area (Å²) >= 11 is 0. The maximum Gasteiger partial charge on any atom is 0.312 e. The van der Waals surface area contributed by atoms with Gasteiger partial charge in [-0.05, 0) is 31.6 Å². The minimum atomic E-state index is -0.379. The summed E-state index contributed by atoms with van der Waals surface area (Å²) in [5.74, 6) is 0.330. The van der Waals surface area contributed by atoms with Gasteiger partial charge in [-0.1, -0.05) is 12.2 Å². The average Bonchev–Trinajstić information content (AvgIpc) is 2.83. The molecule has 1 fully saturated rings. The monoisotopic (exact) mass is 238 g/mol. The van der Waals surface area contributed by atoms with Gasteiger partial charge in [0, 0.05) is 6.92 Å². The Morgan fingerprint density at radius 2 is 2.00 bits per heavy atom. The summed E-state index contributed by atoms with van der Waals surface area (Å²) in [6.07, 6.45) is 6.26. The molecule has 0 aromatic carbocycles. The number of carbonyl (C=O) groups is 2. The number of rotatable bonds is 4. The van der Waals surface area contributed by atoms with E-state index < -0.39 is 0 Å². The van der Waals surface area contributed by atoms with Crippen LogP contribution in [0, 0.1) is 17.3 Å². The fraction of sp³-hybridized carbons (Fsp3) is 0.692. The van der Waals surface area contributed by atoms with Gasteiger partial charge in [0.05, 0.1) is 5.41 Å². The Hall–Kier alpha value is -1.32. The van der Waals surface area contributed by atoms with Crippen molar-refractivity contribution in [3.05, 3.63) is 12.2 Å². The van der Waals surface area contributed by atoms with Crippen LogP contribution >= 0.6 is 0 Å². The Labute approximate surface area is 101 Å². The van der Waals surface area contributed by atoms with Crippen LogP contribution in [0.15, 0.2) is 12.2 Å². The van der Waals surface area contributed by atoms with Crippen LogP contribution in [0.2, 0.25) is 0 Å². The quantitative estimate of drug-likeness (QED) is 0.425. The molecule has 2 bridgehead atoms. The zero-order chi connectivity index (χ0) is 12.5. The number of hydrogen-bond donors (Lipinski definition) is 0. The standard InChI is InChI=1S/C13H18O4/c1-9(14)16-5-6-17-12(15)13(2)8-10-3-4-11(13)7-10/h3-4,10-11H,5-8H2,1-2H3. The minimum absolute atomic E-state index is 0.140. The maximum absolute atomic E-state index is 12.0. The summed E-state index contributed by atoms with van der Waals surface area (Å²) < 4.78 is 9.90. The van der Waals surface area contributed by atoms with E-state index >= 15 is 0 Å². The van der Waals surface area contributed by atoms with Crippen LogP contribution in [0.3, 0.4) is 0 Å². The summed E-state index contributed by atoms with van der Waals surface area (Å²) in [4.78, 5) is 22.5. The highest BCUT2D eigenvalue weighted by Crippen LogP contribution is 2.52. The third kappa shape index (κ3) is 2.35. The Morgan fingerprint density at radius 3 is 2.53 bits per heavy atom. The summed E-state index contributed by atoms with van der Waals surface area (Å²) in [5.41, 5.74) is -0.379. The smallest absolute Gasteiger partial charge is 0.312 e. The molecule has 0 heterocycles. The van der Waals surface area contributed by atoms with E-state index in [1.54, 1.807) is 0 Å². The molecular weight excluding hydrogens is 220 g/mol. The molecule has 1 saturated carbocycles. The van der Waals surface area contributed by atoms with Crippen molar-refractivity contribution in [1.29, 1.82) is 0 Å². The van der Waals surface area contributed by atoms with Gasteiger partial charge in [-0.3, -0.25) is 9.59 Å². The van der Waals surface area contributed by atoms with Crippen LogP contribution in [-0.4, -0.2) is 25.2 Å². The Bertz CT molecular complexity index is 360. The molecule has 2 rings (SSSR count). The summed E-state index contributed by atoms with van der Waals surface area (Å²) in [6.45, 7) is 3.59. The molecule has 17 heavy (non-hydrogen) atoms. The lowest BCUT2D eigenvalue weighted by Crippen LogP contribution is -2.34. The van der Waals surface area contributed by atoms with Crippen molar-refractivity contribution >= 4 is 11.9 Å². The minimum Gasteiger partial charge on any atom is -0.462 e. The second kappa shape index (κ2) is 4.51. The topological polar surface area (TPSA) is 52.6 Å². The first-order valence-electron chi connectivity index (χ1n) is 6.01. The summed E-state index contributed by atoms with van der Waals surface area (Å²) in [7, 11) is 0. The fourth-order valence-corrected chi connectivity index (χ4v) is 2.81. The van der Waals surface area contributed by atoms with Crippen molar-refractivity contribution in [1.82, 2.24) is 0 Å². The van der Waals surface area contributed by atoms with E-state index in [-0.39, 0.29) is 30.6 Å². The van der Waals surface area contributed by atoms with Crippen molar-refractivity contribution in [3.63, 3.8) is 0 Å². The third-order valence-corrected chi connectivity index (χ3v) is 3.76. The first-order chi connectivity index (χ1) is 8.02. The molecule has 0 saturated heterocycles. The number of allylic oxidation sites excluding steroid dienone is 2. The predicted octanol–water partition coefficient (Wildman–Crippen LogP) is 1.70. The zero-order valence-corrected chi connectivity index (χ0v) is 10.3. The summed E-state index contributed by atoms with van der Waals surface area (Å²) in [6, 6.07) is 0. The van der Waals surface area contributed by atoms with E-state index in [1.807, 2.05) is 6.92 Å². The zero-order valence-electron chi connectivity index (χ0n) is 10.3. The number of carbonyl (C=O) groups excluding carboxylic acids is 2. The third-order valence-electron chi connectivity index (χ3n) is 3.76. The van der Waals surface area contributed by atoms with Gasteiger partial charge in [-0.15, -0.1) is 0 Å². The molecule has 2 aliphatic rings. The molecule has 0 spiro atoms.